The number of anilines is 1. The van der Waals surface area contributed by atoms with Crippen LogP contribution in [0, 0.1) is 13.8 Å². The Hall–Kier alpha value is -2.21. The molecule has 2 heterocycles. The van der Waals surface area contributed by atoms with E-state index >= 15 is 0 Å². The van der Waals surface area contributed by atoms with Gasteiger partial charge in [0, 0.05) is 5.38 Å². The standard InChI is InChI=1S/C14H14N4OS/c1-8-7-20-14(15-8)18-13(19)6-10-3-4-11-12(5-10)17-9(2)16-11/h3-5,7H,6H2,1-2H3,(H,16,17)(H,15,18,19). The first kappa shape index (κ1) is 12.8. The Morgan fingerprint density at radius 3 is 2.95 bits per heavy atom. The van der Waals surface area contributed by atoms with Crippen LogP contribution in [0.3, 0.4) is 0 Å². The van der Waals surface area contributed by atoms with Crippen molar-refractivity contribution in [1.82, 2.24) is 15.0 Å². The lowest BCUT2D eigenvalue weighted by Gasteiger charge is -2.02. The summed E-state index contributed by atoms with van der Waals surface area (Å²) in [5.74, 6) is 0.815. The quantitative estimate of drug-likeness (QED) is 0.777. The number of carbonyl (C=O) groups is 1. The number of aromatic amines is 1. The van der Waals surface area contributed by atoms with E-state index in [1.165, 1.54) is 11.3 Å². The molecule has 0 aliphatic rings. The highest BCUT2D eigenvalue weighted by Gasteiger charge is 2.08. The van der Waals surface area contributed by atoms with Crippen LogP contribution in [0.25, 0.3) is 11.0 Å². The first-order valence-corrected chi connectivity index (χ1v) is 7.15. The molecule has 3 rings (SSSR count). The number of fused-ring (bicyclic) bond motifs is 1. The number of benzene rings is 1. The molecule has 3 aromatic rings. The zero-order valence-corrected chi connectivity index (χ0v) is 12.0. The second-order valence-corrected chi connectivity index (χ2v) is 5.55. The monoisotopic (exact) mass is 286 g/mol. The number of carbonyl (C=O) groups excluding carboxylic acids is 1. The van der Waals surface area contributed by atoms with Gasteiger partial charge in [-0.15, -0.1) is 11.3 Å². The van der Waals surface area contributed by atoms with Gasteiger partial charge in [-0.1, -0.05) is 6.07 Å². The van der Waals surface area contributed by atoms with Gasteiger partial charge in [0.05, 0.1) is 23.1 Å². The van der Waals surface area contributed by atoms with E-state index in [2.05, 4.69) is 20.3 Å². The second-order valence-electron chi connectivity index (χ2n) is 4.69. The molecule has 102 valence electrons. The average Bonchev–Trinajstić information content (AvgIpc) is 2.93. The van der Waals surface area contributed by atoms with Crippen LogP contribution in [0.2, 0.25) is 0 Å². The summed E-state index contributed by atoms with van der Waals surface area (Å²) in [5, 5.41) is 5.36. The molecule has 2 N–H and O–H groups in total. The summed E-state index contributed by atoms with van der Waals surface area (Å²) in [6, 6.07) is 5.81. The number of hydrogen-bond donors (Lipinski definition) is 2. The van der Waals surface area contributed by atoms with E-state index in [0.717, 1.165) is 28.1 Å². The Morgan fingerprint density at radius 1 is 1.35 bits per heavy atom. The summed E-state index contributed by atoms with van der Waals surface area (Å²) in [6.07, 6.45) is 0.326. The molecule has 0 saturated heterocycles. The van der Waals surface area contributed by atoms with Crippen molar-refractivity contribution in [2.45, 2.75) is 20.3 Å². The van der Waals surface area contributed by atoms with E-state index in [0.29, 0.717) is 11.6 Å². The first-order chi connectivity index (χ1) is 9.60. The zero-order chi connectivity index (χ0) is 14.1. The molecule has 0 atom stereocenters. The number of thiazole rings is 1. The van der Waals surface area contributed by atoms with Crippen molar-refractivity contribution in [3.63, 3.8) is 0 Å². The molecule has 0 aliphatic carbocycles. The number of amides is 1. The summed E-state index contributed by atoms with van der Waals surface area (Å²) < 4.78 is 0. The Kier molecular flexibility index (Phi) is 3.23. The second kappa shape index (κ2) is 5.05. The number of imidazole rings is 1. The number of H-pyrrole nitrogens is 1. The van der Waals surface area contributed by atoms with Crippen LogP contribution in [-0.4, -0.2) is 20.9 Å². The SMILES string of the molecule is Cc1csc(NC(=O)Cc2ccc3nc(C)[nH]c3c2)n1. The molecule has 0 spiro atoms. The van der Waals surface area contributed by atoms with Gasteiger partial charge in [0.1, 0.15) is 5.82 Å². The maximum absolute atomic E-state index is 12.0. The molecule has 5 nitrogen and oxygen atoms in total. The van der Waals surface area contributed by atoms with Crippen LogP contribution in [0.5, 0.6) is 0 Å². The molecule has 0 aliphatic heterocycles. The van der Waals surface area contributed by atoms with E-state index in [1.54, 1.807) is 0 Å². The van der Waals surface area contributed by atoms with E-state index in [4.69, 9.17) is 0 Å². The molecule has 1 aromatic carbocycles. The van der Waals surface area contributed by atoms with Gasteiger partial charge in [0.2, 0.25) is 5.91 Å². The Morgan fingerprint density at radius 2 is 2.20 bits per heavy atom. The third-order valence-electron chi connectivity index (χ3n) is 2.89. The summed E-state index contributed by atoms with van der Waals surface area (Å²) in [5.41, 5.74) is 3.74. The van der Waals surface area contributed by atoms with Gasteiger partial charge in [0.15, 0.2) is 5.13 Å². The Bertz CT molecular complexity index is 774. The zero-order valence-electron chi connectivity index (χ0n) is 11.2. The molecule has 2 aromatic heterocycles. The number of hydrogen-bond acceptors (Lipinski definition) is 4. The lowest BCUT2D eigenvalue weighted by atomic mass is 10.1. The molecule has 0 saturated carbocycles. The molecule has 0 unspecified atom stereocenters. The Balaban J connectivity index is 1.73. The fraction of sp³-hybridized carbons (Fsp3) is 0.214. The molecular weight excluding hydrogens is 272 g/mol. The fourth-order valence-electron chi connectivity index (χ4n) is 2.05. The van der Waals surface area contributed by atoms with Crippen molar-refractivity contribution in [1.29, 1.82) is 0 Å². The normalized spacial score (nSPS) is 10.9. The van der Waals surface area contributed by atoms with Gasteiger partial charge in [-0.3, -0.25) is 4.79 Å². The molecule has 0 fully saturated rings. The largest absolute Gasteiger partial charge is 0.342 e. The minimum absolute atomic E-state index is 0.0602. The lowest BCUT2D eigenvalue weighted by Crippen LogP contribution is -2.14. The predicted octanol–water partition coefficient (Wildman–Crippen LogP) is 2.82. The maximum Gasteiger partial charge on any atom is 0.230 e. The van der Waals surface area contributed by atoms with Crippen LogP contribution in [0.1, 0.15) is 17.1 Å². The maximum atomic E-state index is 12.0. The van der Waals surface area contributed by atoms with Crippen LogP contribution in [-0.2, 0) is 11.2 Å². The summed E-state index contributed by atoms with van der Waals surface area (Å²) in [7, 11) is 0. The fourth-order valence-corrected chi connectivity index (χ4v) is 2.76. The number of aromatic nitrogens is 3. The first-order valence-electron chi connectivity index (χ1n) is 6.27. The number of aryl methyl sites for hydroxylation is 2. The molecular formula is C14H14N4OS. The van der Waals surface area contributed by atoms with E-state index < -0.39 is 0 Å². The highest BCUT2D eigenvalue weighted by atomic mass is 32.1. The third-order valence-corrected chi connectivity index (χ3v) is 3.77. The Labute approximate surface area is 120 Å². The summed E-state index contributed by atoms with van der Waals surface area (Å²) in [4.78, 5) is 23.7. The van der Waals surface area contributed by atoms with E-state index in [-0.39, 0.29) is 5.91 Å². The van der Waals surface area contributed by atoms with Gasteiger partial charge in [-0.05, 0) is 31.5 Å². The predicted molar refractivity (Wildman–Crippen MR) is 80.0 cm³/mol. The van der Waals surface area contributed by atoms with Crippen molar-refractivity contribution >= 4 is 33.4 Å². The van der Waals surface area contributed by atoms with Crippen molar-refractivity contribution < 1.29 is 4.79 Å². The van der Waals surface area contributed by atoms with Gasteiger partial charge in [-0.25, -0.2) is 9.97 Å². The summed E-state index contributed by atoms with van der Waals surface area (Å²) >= 11 is 1.44. The van der Waals surface area contributed by atoms with Crippen molar-refractivity contribution in [2.75, 3.05) is 5.32 Å². The van der Waals surface area contributed by atoms with Gasteiger partial charge >= 0.3 is 0 Å². The highest BCUT2D eigenvalue weighted by Crippen LogP contribution is 2.16. The van der Waals surface area contributed by atoms with Crippen molar-refractivity contribution in [2.24, 2.45) is 0 Å². The summed E-state index contributed by atoms with van der Waals surface area (Å²) in [6.45, 7) is 3.82. The molecule has 1 amide bonds. The number of nitrogens with zero attached hydrogens (tertiary/aromatic N) is 2. The molecule has 6 heteroatoms. The smallest absolute Gasteiger partial charge is 0.230 e. The third kappa shape index (κ3) is 2.70. The minimum Gasteiger partial charge on any atom is -0.342 e. The average molecular weight is 286 g/mol. The van der Waals surface area contributed by atoms with Crippen molar-refractivity contribution in [3.8, 4) is 0 Å². The lowest BCUT2D eigenvalue weighted by molar-refractivity contribution is -0.115. The minimum atomic E-state index is -0.0602. The number of nitrogens with one attached hydrogen (secondary N) is 2. The highest BCUT2D eigenvalue weighted by molar-refractivity contribution is 7.13. The number of rotatable bonds is 3. The van der Waals surface area contributed by atoms with Crippen LogP contribution in [0.4, 0.5) is 5.13 Å². The van der Waals surface area contributed by atoms with Crippen LogP contribution >= 0.6 is 11.3 Å². The van der Waals surface area contributed by atoms with Crippen LogP contribution < -0.4 is 5.32 Å². The van der Waals surface area contributed by atoms with E-state index in [9.17, 15) is 4.79 Å². The molecule has 0 bridgehead atoms. The molecule has 0 radical (unpaired) electrons. The van der Waals surface area contributed by atoms with Gasteiger partial charge in [0.25, 0.3) is 0 Å². The van der Waals surface area contributed by atoms with Gasteiger partial charge in [-0.2, -0.15) is 0 Å². The van der Waals surface area contributed by atoms with Gasteiger partial charge < -0.3 is 10.3 Å². The topological polar surface area (TPSA) is 70.7 Å². The molecule has 20 heavy (non-hydrogen) atoms. The van der Waals surface area contributed by atoms with Crippen LogP contribution in [0.15, 0.2) is 23.6 Å². The van der Waals surface area contributed by atoms with E-state index in [1.807, 2.05) is 37.4 Å². The van der Waals surface area contributed by atoms with Crippen molar-refractivity contribution in [3.05, 3.63) is 40.7 Å².